The van der Waals surface area contributed by atoms with Gasteiger partial charge in [0.2, 0.25) is 0 Å². The maximum Gasteiger partial charge on any atom is 0.130 e. The van der Waals surface area contributed by atoms with Crippen molar-refractivity contribution in [1.82, 2.24) is 4.98 Å². The lowest BCUT2D eigenvalue weighted by Crippen LogP contribution is -1.97. The third-order valence-electron chi connectivity index (χ3n) is 3.46. The van der Waals surface area contributed by atoms with E-state index < -0.39 is 0 Å². The smallest absolute Gasteiger partial charge is 0.130 e. The molecule has 1 nitrogen and oxygen atoms in total. The van der Waals surface area contributed by atoms with Crippen molar-refractivity contribution in [3.8, 4) is 0 Å². The van der Waals surface area contributed by atoms with E-state index in [1.54, 1.807) is 12.1 Å². The highest BCUT2D eigenvalue weighted by Gasteiger charge is 2.19. The zero-order valence-corrected chi connectivity index (χ0v) is 11.6. The van der Waals surface area contributed by atoms with Crippen LogP contribution in [-0.2, 0) is 12.8 Å². The quantitative estimate of drug-likeness (QED) is 0.588. The second-order valence-corrected chi connectivity index (χ2v) is 5.18. The largest absolute Gasteiger partial charge is 0.236 e. The van der Waals surface area contributed by atoms with Crippen molar-refractivity contribution in [2.24, 2.45) is 0 Å². The fourth-order valence-electron chi connectivity index (χ4n) is 2.54. The van der Waals surface area contributed by atoms with Crippen LogP contribution in [0.2, 0.25) is 5.15 Å². The van der Waals surface area contributed by atoms with E-state index in [1.807, 2.05) is 24.3 Å². The highest BCUT2D eigenvalue weighted by atomic mass is 35.5. The van der Waals surface area contributed by atoms with E-state index in [9.17, 15) is 4.39 Å². The van der Waals surface area contributed by atoms with Crippen LogP contribution in [0.5, 0.6) is 0 Å². The van der Waals surface area contributed by atoms with Crippen LogP contribution in [-0.4, -0.2) is 4.98 Å². The van der Waals surface area contributed by atoms with Crippen LogP contribution in [0, 0.1) is 5.82 Å². The Labute approximate surface area is 122 Å². The Bertz CT molecular complexity index is 719. The van der Waals surface area contributed by atoms with Gasteiger partial charge in [0.15, 0.2) is 0 Å². The first-order valence-corrected chi connectivity index (χ1v) is 6.81. The number of hydrogen-bond donors (Lipinski definition) is 0. The van der Waals surface area contributed by atoms with Gasteiger partial charge in [-0.15, -0.1) is 6.58 Å². The summed E-state index contributed by atoms with van der Waals surface area (Å²) in [4.78, 5) is 4.41. The Morgan fingerprint density at radius 1 is 1.30 bits per heavy atom. The molecule has 0 saturated heterocycles. The van der Waals surface area contributed by atoms with Crippen LogP contribution in [0.25, 0.3) is 11.6 Å². The molecule has 100 valence electrons. The molecule has 0 radical (unpaired) electrons. The van der Waals surface area contributed by atoms with Crippen molar-refractivity contribution in [2.75, 3.05) is 0 Å². The lowest BCUT2D eigenvalue weighted by molar-refractivity contribution is 0.624. The first-order chi connectivity index (χ1) is 9.69. The molecule has 3 heteroatoms. The molecular formula is C17H13ClFN. The number of benzene rings is 1. The van der Waals surface area contributed by atoms with Gasteiger partial charge >= 0.3 is 0 Å². The molecule has 0 unspecified atom stereocenters. The molecule has 0 amide bonds. The van der Waals surface area contributed by atoms with Crippen molar-refractivity contribution in [1.29, 1.82) is 0 Å². The normalized spacial score (nSPS) is 13.0. The van der Waals surface area contributed by atoms with Crippen LogP contribution in [0.15, 0.2) is 43.0 Å². The van der Waals surface area contributed by atoms with Gasteiger partial charge in [-0.3, -0.25) is 0 Å². The lowest BCUT2D eigenvalue weighted by atomic mass is 10.0. The summed E-state index contributed by atoms with van der Waals surface area (Å²) in [6.07, 6.45) is 5.10. The van der Waals surface area contributed by atoms with Gasteiger partial charge in [0.1, 0.15) is 11.0 Å². The van der Waals surface area contributed by atoms with E-state index >= 15 is 0 Å². The van der Waals surface area contributed by atoms with Gasteiger partial charge in [-0.1, -0.05) is 35.9 Å². The number of halogens is 2. The summed E-state index contributed by atoms with van der Waals surface area (Å²) in [6, 6.07) is 8.88. The number of hydrogen-bond acceptors (Lipinski definition) is 1. The van der Waals surface area contributed by atoms with Gasteiger partial charge < -0.3 is 0 Å². The number of nitrogens with zero attached hydrogens (tertiary/aromatic N) is 1. The summed E-state index contributed by atoms with van der Waals surface area (Å²) in [5.41, 5.74) is 4.56. The molecule has 0 bridgehead atoms. The number of pyridine rings is 1. The summed E-state index contributed by atoms with van der Waals surface area (Å²) in [5.74, 6) is -0.190. The number of fused-ring (bicyclic) bond motifs is 1. The molecule has 0 spiro atoms. The predicted octanol–water partition coefficient (Wildman–Crippen LogP) is 4.70. The van der Waals surface area contributed by atoms with E-state index in [-0.39, 0.29) is 5.82 Å². The Kier molecular flexibility index (Phi) is 3.41. The lowest BCUT2D eigenvalue weighted by Gasteiger charge is -2.08. The molecule has 1 aliphatic carbocycles. The van der Waals surface area contributed by atoms with Crippen molar-refractivity contribution in [3.05, 3.63) is 76.3 Å². The van der Waals surface area contributed by atoms with Crippen molar-refractivity contribution in [3.63, 3.8) is 0 Å². The molecule has 1 aliphatic rings. The van der Waals surface area contributed by atoms with Gasteiger partial charge in [0.05, 0.1) is 5.69 Å². The molecule has 3 rings (SSSR count). The molecule has 0 saturated carbocycles. The van der Waals surface area contributed by atoms with Gasteiger partial charge in [0, 0.05) is 12.0 Å². The summed E-state index contributed by atoms with van der Waals surface area (Å²) in [7, 11) is 0. The van der Waals surface area contributed by atoms with Gasteiger partial charge in [-0.05, 0) is 41.3 Å². The Morgan fingerprint density at radius 3 is 2.90 bits per heavy atom. The Balaban J connectivity index is 2.08. The number of allylic oxidation sites excluding steroid dienone is 2. The topological polar surface area (TPSA) is 12.9 Å². The molecule has 1 aromatic carbocycles. The second-order valence-electron chi connectivity index (χ2n) is 4.79. The molecule has 0 atom stereocenters. The highest BCUT2D eigenvalue weighted by Crippen LogP contribution is 2.34. The Morgan fingerprint density at radius 2 is 2.15 bits per heavy atom. The van der Waals surface area contributed by atoms with Crippen LogP contribution in [0.3, 0.4) is 0 Å². The third kappa shape index (κ3) is 2.27. The number of rotatable bonds is 3. The van der Waals surface area contributed by atoms with Crippen molar-refractivity contribution in [2.45, 2.75) is 12.8 Å². The van der Waals surface area contributed by atoms with Crippen LogP contribution in [0.1, 0.15) is 22.4 Å². The fraction of sp³-hybridized carbons (Fsp3) is 0.118. The van der Waals surface area contributed by atoms with Gasteiger partial charge in [-0.25, -0.2) is 9.37 Å². The number of aromatic nitrogens is 1. The minimum atomic E-state index is -0.190. The maximum absolute atomic E-state index is 13.8. The average Bonchev–Trinajstić information content (AvgIpc) is 2.86. The van der Waals surface area contributed by atoms with E-state index in [1.165, 1.54) is 6.07 Å². The first kappa shape index (κ1) is 13.1. The fourth-order valence-corrected chi connectivity index (χ4v) is 2.69. The maximum atomic E-state index is 13.8. The van der Waals surface area contributed by atoms with E-state index in [0.717, 1.165) is 28.8 Å². The predicted molar refractivity (Wildman–Crippen MR) is 81.1 cm³/mol. The minimum absolute atomic E-state index is 0.190. The highest BCUT2D eigenvalue weighted by molar-refractivity contribution is 6.29. The van der Waals surface area contributed by atoms with Gasteiger partial charge in [0.25, 0.3) is 0 Å². The van der Waals surface area contributed by atoms with Crippen LogP contribution >= 0.6 is 11.6 Å². The zero-order valence-electron chi connectivity index (χ0n) is 10.9. The van der Waals surface area contributed by atoms with Crippen LogP contribution < -0.4 is 0 Å². The SMILES string of the molecule is C=CCc1ccc(Cl)nc1C1=Cc2c(F)cccc2C1. The Hall–Kier alpha value is -1.93. The molecule has 0 N–H and O–H groups in total. The average molecular weight is 286 g/mol. The summed E-state index contributed by atoms with van der Waals surface area (Å²) in [6.45, 7) is 3.76. The summed E-state index contributed by atoms with van der Waals surface area (Å²) < 4.78 is 13.8. The van der Waals surface area contributed by atoms with Crippen molar-refractivity contribution >= 4 is 23.3 Å². The summed E-state index contributed by atoms with van der Waals surface area (Å²) >= 11 is 6.00. The summed E-state index contributed by atoms with van der Waals surface area (Å²) in [5, 5.41) is 0.449. The minimum Gasteiger partial charge on any atom is -0.236 e. The molecular weight excluding hydrogens is 273 g/mol. The van der Waals surface area contributed by atoms with E-state index in [0.29, 0.717) is 17.1 Å². The first-order valence-electron chi connectivity index (χ1n) is 6.43. The molecule has 0 fully saturated rings. The molecule has 0 aliphatic heterocycles. The molecule has 1 aromatic heterocycles. The van der Waals surface area contributed by atoms with E-state index in [2.05, 4.69) is 11.6 Å². The second kappa shape index (κ2) is 5.22. The molecule has 2 aromatic rings. The third-order valence-corrected chi connectivity index (χ3v) is 3.67. The monoisotopic (exact) mass is 285 g/mol. The standard InChI is InChI=1S/C17H13ClFN/c1-2-4-11-7-8-16(18)20-17(11)13-9-12-5-3-6-15(19)14(12)10-13/h2-3,5-8,10H,1,4,9H2. The van der Waals surface area contributed by atoms with Gasteiger partial charge in [-0.2, -0.15) is 0 Å². The molecule has 20 heavy (non-hydrogen) atoms. The van der Waals surface area contributed by atoms with E-state index in [4.69, 9.17) is 11.6 Å². The van der Waals surface area contributed by atoms with Crippen LogP contribution in [0.4, 0.5) is 4.39 Å². The zero-order chi connectivity index (χ0) is 14.1. The van der Waals surface area contributed by atoms with Crippen molar-refractivity contribution < 1.29 is 4.39 Å². The molecule has 1 heterocycles.